The van der Waals surface area contributed by atoms with Gasteiger partial charge in [0.15, 0.2) is 9.84 Å². The van der Waals surface area contributed by atoms with Gasteiger partial charge in [0.25, 0.3) is 0 Å². The largest absolute Gasteiger partial charge is 0.333 e. The molecule has 0 saturated carbocycles. The van der Waals surface area contributed by atoms with Gasteiger partial charge in [0, 0.05) is 0 Å². The predicted molar refractivity (Wildman–Crippen MR) is 68.9 cm³/mol. The van der Waals surface area contributed by atoms with Gasteiger partial charge in [0.2, 0.25) is 5.13 Å². The number of urea groups is 1. The van der Waals surface area contributed by atoms with Gasteiger partial charge in [-0.25, -0.2) is 13.2 Å². The van der Waals surface area contributed by atoms with Crippen molar-refractivity contribution in [3.05, 3.63) is 5.01 Å². The lowest BCUT2D eigenvalue weighted by Gasteiger charge is -2.13. The summed E-state index contributed by atoms with van der Waals surface area (Å²) in [4.78, 5) is 11.6. The third-order valence-corrected chi connectivity index (χ3v) is 5.48. The normalized spacial score (nSPS) is 25.9. The quantitative estimate of drug-likeness (QED) is 0.769. The molecule has 1 saturated heterocycles. The third kappa shape index (κ3) is 3.30. The van der Waals surface area contributed by atoms with Crippen molar-refractivity contribution in [2.75, 3.05) is 16.8 Å². The molecule has 1 aromatic heterocycles. The van der Waals surface area contributed by atoms with E-state index in [4.69, 9.17) is 11.6 Å². The Hall–Kier alpha value is -0.930. The topological polar surface area (TPSA) is 101 Å². The van der Waals surface area contributed by atoms with Gasteiger partial charge in [-0.1, -0.05) is 11.3 Å². The maximum atomic E-state index is 11.6. The molecule has 1 aliphatic heterocycles. The molecule has 7 nitrogen and oxygen atoms in total. The lowest BCUT2D eigenvalue weighted by atomic mass is 10.2. The summed E-state index contributed by atoms with van der Waals surface area (Å²) in [7, 11) is -3.16. The number of aromatic nitrogens is 2. The Kier molecular flexibility index (Phi) is 3.74. The highest BCUT2D eigenvalue weighted by molar-refractivity contribution is 7.91. The molecule has 18 heavy (non-hydrogen) atoms. The van der Waals surface area contributed by atoms with Gasteiger partial charge in [0.1, 0.15) is 5.01 Å². The Bertz CT molecular complexity index is 558. The summed E-state index contributed by atoms with van der Waals surface area (Å²) in [5.41, 5.74) is 0. The smallest absolute Gasteiger partial charge is 0.321 e. The van der Waals surface area contributed by atoms with E-state index in [1.807, 2.05) is 0 Å². The molecular weight excluding hydrogens is 300 g/mol. The standard InChI is InChI=1S/C8H11ClN4O3S2/c1-4-12-13-8(17-4)11-7(14)10-6-3-18(15,16)2-5(6)9/h5-6H,2-3H2,1H3,(H2,10,11,13,14)/t5-,6-/m0/s1. The van der Waals surface area contributed by atoms with Gasteiger partial charge < -0.3 is 5.32 Å². The van der Waals surface area contributed by atoms with Crippen LogP contribution < -0.4 is 10.6 Å². The molecule has 0 bridgehead atoms. The van der Waals surface area contributed by atoms with Gasteiger partial charge in [-0.3, -0.25) is 5.32 Å². The fourth-order valence-electron chi connectivity index (χ4n) is 1.59. The number of sulfone groups is 1. The average Bonchev–Trinajstić information content (AvgIpc) is 2.71. The van der Waals surface area contributed by atoms with E-state index in [1.165, 1.54) is 11.3 Å². The summed E-state index contributed by atoms with van der Waals surface area (Å²) < 4.78 is 22.6. The first kappa shape index (κ1) is 13.5. The lowest BCUT2D eigenvalue weighted by Crippen LogP contribution is -2.42. The van der Waals surface area contributed by atoms with Crippen molar-refractivity contribution in [3.8, 4) is 0 Å². The fourth-order valence-corrected chi connectivity index (χ4v) is 4.72. The highest BCUT2D eigenvalue weighted by Crippen LogP contribution is 2.18. The van der Waals surface area contributed by atoms with E-state index in [-0.39, 0.29) is 11.5 Å². The zero-order valence-electron chi connectivity index (χ0n) is 9.38. The van der Waals surface area contributed by atoms with Crippen LogP contribution in [-0.4, -0.2) is 47.6 Å². The van der Waals surface area contributed by atoms with E-state index in [1.54, 1.807) is 6.92 Å². The first-order valence-corrected chi connectivity index (χ1v) is 8.15. The monoisotopic (exact) mass is 310 g/mol. The van der Waals surface area contributed by atoms with Crippen LogP contribution in [0.2, 0.25) is 0 Å². The number of aryl methyl sites for hydroxylation is 1. The van der Waals surface area contributed by atoms with Crippen molar-refractivity contribution in [2.45, 2.75) is 18.3 Å². The highest BCUT2D eigenvalue weighted by atomic mass is 35.5. The molecule has 0 radical (unpaired) electrons. The molecule has 2 atom stereocenters. The van der Waals surface area contributed by atoms with Crippen molar-refractivity contribution in [2.24, 2.45) is 0 Å². The Morgan fingerprint density at radius 3 is 2.67 bits per heavy atom. The van der Waals surface area contributed by atoms with E-state index >= 15 is 0 Å². The number of anilines is 1. The van der Waals surface area contributed by atoms with Crippen LogP contribution in [-0.2, 0) is 9.84 Å². The molecule has 0 aromatic carbocycles. The van der Waals surface area contributed by atoms with Gasteiger partial charge in [0.05, 0.1) is 22.9 Å². The third-order valence-electron chi connectivity index (χ3n) is 2.35. The van der Waals surface area contributed by atoms with Crippen molar-refractivity contribution >= 4 is 43.9 Å². The number of halogens is 1. The van der Waals surface area contributed by atoms with Gasteiger partial charge in [-0.15, -0.1) is 21.8 Å². The maximum Gasteiger partial charge on any atom is 0.321 e. The minimum absolute atomic E-state index is 0.114. The van der Waals surface area contributed by atoms with Crippen molar-refractivity contribution in [1.82, 2.24) is 15.5 Å². The Labute approximate surface area is 113 Å². The van der Waals surface area contributed by atoms with Crippen molar-refractivity contribution < 1.29 is 13.2 Å². The summed E-state index contributed by atoms with van der Waals surface area (Å²) in [5, 5.41) is 12.9. The number of carbonyl (C=O) groups excluding carboxylic acids is 1. The molecule has 0 unspecified atom stereocenters. The predicted octanol–water partition coefficient (Wildman–Crippen LogP) is 0.372. The van der Waals surface area contributed by atoms with E-state index in [0.29, 0.717) is 5.13 Å². The Morgan fingerprint density at radius 1 is 1.44 bits per heavy atom. The minimum Gasteiger partial charge on any atom is -0.333 e. The van der Waals surface area contributed by atoms with Crippen molar-refractivity contribution in [1.29, 1.82) is 0 Å². The second kappa shape index (κ2) is 4.98. The number of alkyl halides is 1. The zero-order chi connectivity index (χ0) is 13.3. The second-order valence-corrected chi connectivity index (χ2v) is 7.82. The van der Waals surface area contributed by atoms with E-state index in [2.05, 4.69) is 20.8 Å². The van der Waals surface area contributed by atoms with E-state index in [0.717, 1.165) is 5.01 Å². The van der Waals surface area contributed by atoms with Crippen LogP contribution in [0.5, 0.6) is 0 Å². The zero-order valence-corrected chi connectivity index (χ0v) is 11.8. The summed E-state index contributed by atoms with van der Waals surface area (Å²) in [6.45, 7) is 1.76. The molecule has 2 N–H and O–H groups in total. The molecular formula is C8H11ClN4O3S2. The number of hydrogen-bond donors (Lipinski definition) is 2. The van der Waals surface area contributed by atoms with Crippen LogP contribution in [0, 0.1) is 6.92 Å². The number of nitrogens with zero attached hydrogens (tertiary/aromatic N) is 2. The summed E-state index contributed by atoms with van der Waals surface area (Å²) in [6.07, 6.45) is 0. The molecule has 1 aromatic rings. The van der Waals surface area contributed by atoms with Crippen LogP contribution in [0.1, 0.15) is 5.01 Å². The minimum atomic E-state index is -3.16. The Morgan fingerprint density at radius 2 is 2.17 bits per heavy atom. The number of rotatable bonds is 2. The first-order chi connectivity index (χ1) is 8.35. The first-order valence-electron chi connectivity index (χ1n) is 5.08. The van der Waals surface area contributed by atoms with E-state index < -0.39 is 27.3 Å². The molecule has 100 valence electrons. The van der Waals surface area contributed by atoms with Crippen LogP contribution in [0.4, 0.5) is 9.93 Å². The van der Waals surface area contributed by atoms with Crippen LogP contribution in [0.3, 0.4) is 0 Å². The molecule has 1 aliphatic rings. The number of hydrogen-bond acceptors (Lipinski definition) is 6. The lowest BCUT2D eigenvalue weighted by molar-refractivity contribution is 0.249. The number of nitrogens with one attached hydrogen (secondary N) is 2. The Balaban J connectivity index is 1.92. The van der Waals surface area contributed by atoms with Gasteiger partial charge in [-0.2, -0.15) is 0 Å². The summed E-state index contributed by atoms with van der Waals surface area (Å²) in [5.74, 6) is -0.249. The molecule has 10 heteroatoms. The number of carbonyl (C=O) groups is 1. The van der Waals surface area contributed by atoms with E-state index in [9.17, 15) is 13.2 Å². The molecule has 2 heterocycles. The average molecular weight is 311 g/mol. The van der Waals surface area contributed by atoms with Crippen LogP contribution in [0.15, 0.2) is 0 Å². The molecule has 1 fully saturated rings. The number of amides is 2. The molecule has 0 spiro atoms. The summed E-state index contributed by atoms with van der Waals surface area (Å²) >= 11 is 7.10. The maximum absolute atomic E-state index is 11.6. The summed E-state index contributed by atoms with van der Waals surface area (Å²) in [6, 6.07) is -1.11. The highest BCUT2D eigenvalue weighted by Gasteiger charge is 2.37. The molecule has 0 aliphatic carbocycles. The fraction of sp³-hybridized carbons (Fsp3) is 0.625. The van der Waals surface area contributed by atoms with Gasteiger partial charge in [-0.05, 0) is 6.92 Å². The van der Waals surface area contributed by atoms with Crippen LogP contribution >= 0.6 is 22.9 Å². The van der Waals surface area contributed by atoms with Crippen LogP contribution in [0.25, 0.3) is 0 Å². The molecule has 2 rings (SSSR count). The van der Waals surface area contributed by atoms with Crippen molar-refractivity contribution in [3.63, 3.8) is 0 Å². The van der Waals surface area contributed by atoms with Gasteiger partial charge >= 0.3 is 6.03 Å². The molecule has 2 amide bonds. The SMILES string of the molecule is Cc1nnc(NC(=O)N[C@H]2CS(=O)(=O)C[C@@H]2Cl)s1. The second-order valence-electron chi connectivity index (χ2n) is 3.92.